The van der Waals surface area contributed by atoms with E-state index < -0.39 is 0 Å². The standard InChI is InChI=1S/C15H25N3O2/c1-14(2)9-11(15(3,4)20-14)12(18-16)10-7-6-8-17-13(10)19-5/h6-8,11-12,18H,9,16H2,1-5H3. The van der Waals surface area contributed by atoms with Crippen molar-refractivity contribution in [2.24, 2.45) is 11.8 Å². The Morgan fingerprint density at radius 1 is 1.45 bits per heavy atom. The fraction of sp³-hybridized carbons (Fsp3) is 0.667. The SMILES string of the molecule is COc1ncccc1C(NN)C1CC(C)(C)OC1(C)C. The maximum atomic E-state index is 6.17. The van der Waals surface area contributed by atoms with E-state index in [0.29, 0.717) is 5.88 Å². The average molecular weight is 279 g/mol. The molecular weight excluding hydrogens is 254 g/mol. The van der Waals surface area contributed by atoms with Crippen LogP contribution in [0.5, 0.6) is 5.88 Å². The zero-order valence-corrected chi connectivity index (χ0v) is 12.9. The highest BCUT2D eigenvalue weighted by molar-refractivity contribution is 5.30. The van der Waals surface area contributed by atoms with Crippen molar-refractivity contribution in [2.45, 2.75) is 51.4 Å². The third-order valence-corrected chi connectivity index (χ3v) is 4.05. The number of nitrogens with one attached hydrogen (secondary N) is 1. The molecule has 1 aromatic heterocycles. The fourth-order valence-electron chi connectivity index (χ4n) is 3.36. The van der Waals surface area contributed by atoms with Gasteiger partial charge in [0, 0.05) is 17.7 Å². The fourth-order valence-corrected chi connectivity index (χ4v) is 3.36. The van der Waals surface area contributed by atoms with E-state index in [9.17, 15) is 0 Å². The molecule has 0 aromatic carbocycles. The van der Waals surface area contributed by atoms with Crippen LogP contribution in [0.4, 0.5) is 0 Å². The van der Waals surface area contributed by atoms with Crippen LogP contribution < -0.4 is 16.0 Å². The molecule has 3 N–H and O–H groups in total. The molecule has 1 aliphatic rings. The van der Waals surface area contributed by atoms with E-state index in [1.807, 2.05) is 12.1 Å². The molecule has 0 radical (unpaired) electrons. The van der Waals surface area contributed by atoms with E-state index in [2.05, 4.69) is 38.1 Å². The van der Waals surface area contributed by atoms with Gasteiger partial charge in [-0.05, 0) is 40.2 Å². The van der Waals surface area contributed by atoms with Crippen molar-refractivity contribution in [1.29, 1.82) is 0 Å². The highest BCUT2D eigenvalue weighted by Gasteiger charge is 2.49. The van der Waals surface area contributed by atoms with Crippen LogP contribution in [0, 0.1) is 5.92 Å². The van der Waals surface area contributed by atoms with Crippen LogP contribution in [0.2, 0.25) is 0 Å². The largest absolute Gasteiger partial charge is 0.481 e. The van der Waals surface area contributed by atoms with Crippen molar-refractivity contribution >= 4 is 0 Å². The Kier molecular flexibility index (Phi) is 4.04. The quantitative estimate of drug-likeness (QED) is 0.653. The molecule has 5 heteroatoms. The number of nitrogens with two attached hydrogens (primary N) is 1. The molecule has 2 rings (SSSR count). The van der Waals surface area contributed by atoms with Crippen molar-refractivity contribution in [3.63, 3.8) is 0 Å². The van der Waals surface area contributed by atoms with Crippen LogP contribution in [0.25, 0.3) is 0 Å². The lowest BCUT2D eigenvalue weighted by atomic mass is 9.79. The summed E-state index contributed by atoms with van der Waals surface area (Å²) in [5, 5.41) is 0. The minimum absolute atomic E-state index is 0.0598. The Morgan fingerprint density at radius 2 is 2.15 bits per heavy atom. The van der Waals surface area contributed by atoms with Gasteiger partial charge in [-0.2, -0.15) is 0 Å². The zero-order chi connectivity index (χ0) is 15.0. The van der Waals surface area contributed by atoms with E-state index in [1.165, 1.54) is 0 Å². The summed E-state index contributed by atoms with van der Waals surface area (Å²) in [4.78, 5) is 4.26. The first-order valence-corrected chi connectivity index (χ1v) is 6.96. The third kappa shape index (κ3) is 2.80. The number of nitrogens with zero attached hydrogens (tertiary/aromatic N) is 1. The van der Waals surface area contributed by atoms with E-state index in [4.69, 9.17) is 15.3 Å². The van der Waals surface area contributed by atoms with E-state index in [0.717, 1.165) is 12.0 Å². The number of hydrogen-bond acceptors (Lipinski definition) is 5. The van der Waals surface area contributed by atoms with Crippen LogP contribution in [-0.4, -0.2) is 23.3 Å². The van der Waals surface area contributed by atoms with Gasteiger partial charge in [0.1, 0.15) is 0 Å². The lowest BCUT2D eigenvalue weighted by Gasteiger charge is -2.33. The number of rotatable bonds is 4. The summed E-state index contributed by atoms with van der Waals surface area (Å²) in [5.74, 6) is 6.67. The Labute approximate surface area is 120 Å². The van der Waals surface area contributed by atoms with Gasteiger partial charge >= 0.3 is 0 Å². The van der Waals surface area contributed by atoms with Gasteiger partial charge < -0.3 is 9.47 Å². The average Bonchev–Trinajstić information content (AvgIpc) is 2.59. The maximum absolute atomic E-state index is 6.17. The molecule has 20 heavy (non-hydrogen) atoms. The van der Waals surface area contributed by atoms with Crippen molar-refractivity contribution < 1.29 is 9.47 Å². The molecule has 0 saturated carbocycles. The molecule has 1 fully saturated rings. The molecule has 1 saturated heterocycles. The predicted molar refractivity (Wildman–Crippen MR) is 78.2 cm³/mol. The van der Waals surface area contributed by atoms with Gasteiger partial charge in [0.15, 0.2) is 0 Å². The van der Waals surface area contributed by atoms with Crippen LogP contribution >= 0.6 is 0 Å². The van der Waals surface area contributed by atoms with Gasteiger partial charge in [-0.15, -0.1) is 0 Å². The van der Waals surface area contributed by atoms with Gasteiger partial charge in [0.05, 0.1) is 24.4 Å². The van der Waals surface area contributed by atoms with Gasteiger partial charge in [-0.25, -0.2) is 4.98 Å². The highest BCUT2D eigenvalue weighted by atomic mass is 16.5. The third-order valence-electron chi connectivity index (χ3n) is 4.05. The van der Waals surface area contributed by atoms with Gasteiger partial charge in [-0.3, -0.25) is 11.3 Å². The molecule has 2 unspecified atom stereocenters. The number of pyridine rings is 1. The van der Waals surface area contributed by atoms with Crippen molar-refractivity contribution in [3.8, 4) is 5.88 Å². The number of hydrazine groups is 1. The molecule has 0 bridgehead atoms. The van der Waals surface area contributed by atoms with Crippen LogP contribution in [0.1, 0.15) is 45.7 Å². The molecule has 2 heterocycles. The molecule has 0 spiro atoms. The summed E-state index contributed by atoms with van der Waals surface area (Å²) in [6, 6.07) is 3.84. The predicted octanol–water partition coefficient (Wildman–Crippen LogP) is 2.19. The van der Waals surface area contributed by atoms with Crippen LogP contribution in [-0.2, 0) is 4.74 Å². The van der Waals surface area contributed by atoms with E-state index >= 15 is 0 Å². The second kappa shape index (κ2) is 5.31. The van der Waals surface area contributed by atoms with E-state index in [1.54, 1.807) is 13.3 Å². The minimum Gasteiger partial charge on any atom is -0.481 e. The molecule has 112 valence electrons. The zero-order valence-electron chi connectivity index (χ0n) is 12.9. The number of methoxy groups -OCH3 is 1. The Balaban J connectivity index is 2.38. The van der Waals surface area contributed by atoms with Crippen LogP contribution in [0.3, 0.4) is 0 Å². The number of ether oxygens (including phenoxy) is 2. The first-order chi connectivity index (χ1) is 9.30. The van der Waals surface area contributed by atoms with Gasteiger partial charge in [-0.1, -0.05) is 6.07 Å². The summed E-state index contributed by atoms with van der Waals surface area (Å²) < 4.78 is 11.5. The second-order valence-electron chi connectivity index (χ2n) is 6.52. The van der Waals surface area contributed by atoms with Crippen LogP contribution in [0.15, 0.2) is 18.3 Å². The maximum Gasteiger partial charge on any atom is 0.217 e. The van der Waals surface area contributed by atoms with Crippen molar-refractivity contribution in [3.05, 3.63) is 23.9 Å². The molecule has 2 atom stereocenters. The van der Waals surface area contributed by atoms with Crippen molar-refractivity contribution in [2.75, 3.05) is 7.11 Å². The Bertz CT molecular complexity index is 474. The molecule has 0 amide bonds. The first kappa shape index (κ1) is 15.2. The lowest BCUT2D eigenvalue weighted by molar-refractivity contribution is -0.0779. The van der Waals surface area contributed by atoms with Gasteiger partial charge in [0.2, 0.25) is 5.88 Å². The molecule has 0 aliphatic carbocycles. The summed E-state index contributed by atoms with van der Waals surface area (Å²) in [6.45, 7) is 8.45. The number of aromatic nitrogens is 1. The minimum atomic E-state index is -0.263. The Morgan fingerprint density at radius 3 is 2.65 bits per heavy atom. The monoisotopic (exact) mass is 279 g/mol. The Hall–Kier alpha value is -1.17. The summed E-state index contributed by atoms with van der Waals surface area (Å²) in [6.07, 6.45) is 2.64. The lowest BCUT2D eigenvalue weighted by Crippen LogP contribution is -2.41. The summed E-state index contributed by atoms with van der Waals surface area (Å²) >= 11 is 0. The number of hydrogen-bond donors (Lipinski definition) is 2. The molecular formula is C15H25N3O2. The highest BCUT2D eigenvalue weighted by Crippen LogP contribution is 2.48. The molecule has 5 nitrogen and oxygen atoms in total. The van der Waals surface area contributed by atoms with Crippen molar-refractivity contribution in [1.82, 2.24) is 10.4 Å². The first-order valence-electron chi connectivity index (χ1n) is 6.96. The smallest absolute Gasteiger partial charge is 0.217 e. The van der Waals surface area contributed by atoms with E-state index in [-0.39, 0.29) is 23.2 Å². The molecule has 1 aromatic rings. The molecule has 1 aliphatic heterocycles. The normalized spacial score (nSPS) is 25.4. The van der Waals surface area contributed by atoms with Gasteiger partial charge in [0.25, 0.3) is 0 Å². The second-order valence-corrected chi connectivity index (χ2v) is 6.52. The summed E-state index contributed by atoms with van der Waals surface area (Å²) in [7, 11) is 1.62. The summed E-state index contributed by atoms with van der Waals surface area (Å²) in [5.41, 5.74) is 3.48. The topological polar surface area (TPSA) is 69.4 Å².